The van der Waals surface area contributed by atoms with Crippen molar-refractivity contribution in [3.8, 4) is 5.75 Å². The van der Waals surface area contributed by atoms with E-state index in [4.69, 9.17) is 4.74 Å². The molecular weight excluding hydrogens is 267 g/mol. The van der Waals surface area contributed by atoms with E-state index in [1.165, 1.54) is 5.57 Å². The summed E-state index contributed by atoms with van der Waals surface area (Å²) >= 11 is 0. The fourth-order valence-electron chi connectivity index (χ4n) is 2.00. The van der Waals surface area contributed by atoms with E-state index >= 15 is 0 Å². The minimum absolute atomic E-state index is 0.525. The van der Waals surface area contributed by atoms with Crippen LogP contribution in [0.5, 0.6) is 5.75 Å². The van der Waals surface area contributed by atoms with Crippen LogP contribution in [0, 0.1) is 5.92 Å². The molecule has 0 N–H and O–H groups in total. The standard InChI is InChI=1S/C17H19O2P/c1-12(2)13-4-3-5-15(7-6-13)19-17-9-8-16(20)10-14(17)11-18/h3,5-12H,4,20H2,1-2H3. The predicted octanol–water partition coefficient (Wildman–Crippen LogP) is 3.80. The molecular formula is C17H19O2P. The number of hydrogen-bond donors (Lipinski definition) is 0. The highest BCUT2D eigenvalue weighted by Gasteiger charge is 2.07. The second-order valence-electron chi connectivity index (χ2n) is 5.09. The average Bonchev–Trinajstić information content (AvgIpc) is 2.66. The van der Waals surface area contributed by atoms with Crippen LogP contribution in [-0.4, -0.2) is 6.29 Å². The summed E-state index contributed by atoms with van der Waals surface area (Å²) in [5, 5.41) is 0.965. The maximum Gasteiger partial charge on any atom is 0.153 e. The highest BCUT2D eigenvalue weighted by molar-refractivity contribution is 7.27. The molecule has 1 aromatic rings. The van der Waals surface area contributed by atoms with Gasteiger partial charge in [0, 0.05) is 0 Å². The first-order chi connectivity index (χ1) is 9.60. The molecule has 1 atom stereocenters. The zero-order valence-electron chi connectivity index (χ0n) is 11.8. The highest BCUT2D eigenvalue weighted by atomic mass is 31.0. The average molecular weight is 286 g/mol. The van der Waals surface area contributed by atoms with E-state index < -0.39 is 0 Å². The zero-order valence-corrected chi connectivity index (χ0v) is 13.0. The summed E-state index contributed by atoms with van der Waals surface area (Å²) in [6.45, 7) is 4.36. The molecule has 2 rings (SSSR count). The van der Waals surface area contributed by atoms with Gasteiger partial charge in [-0.1, -0.05) is 37.6 Å². The molecule has 1 unspecified atom stereocenters. The van der Waals surface area contributed by atoms with E-state index in [9.17, 15) is 4.79 Å². The Morgan fingerprint density at radius 1 is 1.30 bits per heavy atom. The normalized spacial score (nSPS) is 14.6. The quantitative estimate of drug-likeness (QED) is 0.621. The summed E-state index contributed by atoms with van der Waals surface area (Å²) in [7, 11) is 2.57. The van der Waals surface area contributed by atoms with Crippen molar-refractivity contribution >= 4 is 20.8 Å². The lowest BCUT2D eigenvalue weighted by molar-refractivity contribution is 0.112. The number of aldehydes is 1. The van der Waals surface area contributed by atoms with Gasteiger partial charge in [-0.15, -0.1) is 9.24 Å². The third-order valence-electron chi connectivity index (χ3n) is 3.23. The second-order valence-corrected chi connectivity index (χ2v) is 5.76. The van der Waals surface area contributed by atoms with Crippen LogP contribution >= 0.6 is 9.24 Å². The van der Waals surface area contributed by atoms with E-state index in [-0.39, 0.29) is 0 Å². The van der Waals surface area contributed by atoms with Crippen LogP contribution in [0.15, 0.2) is 53.8 Å². The van der Waals surface area contributed by atoms with Gasteiger partial charge in [0.25, 0.3) is 0 Å². The number of rotatable bonds is 4. The van der Waals surface area contributed by atoms with Gasteiger partial charge in [-0.05, 0) is 41.9 Å². The van der Waals surface area contributed by atoms with E-state index in [1.54, 1.807) is 6.07 Å². The van der Waals surface area contributed by atoms with Gasteiger partial charge in [0.05, 0.1) is 5.56 Å². The van der Waals surface area contributed by atoms with Gasteiger partial charge in [-0.3, -0.25) is 4.79 Å². The molecule has 1 aromatic carbocycles. The van der Waals surface area contributed by atoms with Crippen LogP contribution < -0.4 is 10.0 Å². The third kappa shape index (κ3) is 3.68. The van der Waals surface area contributed by atoms with Crippen LogP contribution in [-0.2, 0) is 0 Å². The molecule has 0 aliphatic heterocycles. The topological polar surface area (TPSA) is 26.3 Å². The fourth-order valence-corrected chi connectivity index (χ4v) is 2.27. The molecule has 0 fully saturated rings. The molecule has 0 aromatic heterocycles. The van der Waals surface area contributed by atoms with Crippen molar-refractivity contribution in [3.63, 3.8) is 0 Å². The number of carbonyl (C=O) groups is 1. The van der Waals surface area contributed by atoms with Gasteiger partial charge < -0.3 is 4.74 Å². The molecule has 0 radical (unpaired) electrons. The second kappa shape index (κ2) is 6.67. The Kier molecular flexibility index (Phi) is 4.92. The molecule has 1 aliphatic rings. The van der Waals surface area contributed by atoms with E-state index in [0.717, 1.165) is 23.8 Å². The first-order valence-electron chi connectivity index (χ1n) is 6.70. The molecule has 0 spiro atoms. The molecule has 2 nitrogen and oxygen atoms in total. The number of allylic oxidation sites excluding steroid dienone is 5. The van der Waals surface area contributed by atoms with Gasteiger partial charge >= 0.3 is 0 Å². The smallest absolute Gasteiger partial charge is 0.153 e. The maximum absolute atomic E-state index is 11.1. The summed E-state index contributed by atoms with van der Waals surface area (Å²) < 4.78 is 5.83. The van der Waals surface area contributed by atoms with Gasteiger partial charge in [0.15, 0.2) is 6.29 Å². The van der Waals surface area contributed by atoms with Crippen molar-refractivity contribution in [2.45, 2.75) is 20.3 Å². The summed E-state index contributed by atoms with van der Waals surface area (Å²) in [4.78, 5) is 11.1. The molecule has 0 amide bonds. The Labute approximate surface area is 122 Å². The van der Waals surface area contributed by atoms with Crippen molar-refractivity contribution in [2.75, 3.05) is 0 Å². The fraction of sp³-hybridized carbons (Fsp3) is 0.235. The van der Waals surface area contributed by atoms with Gasteiger partial charge in [-0.25, -0.2) is 0 Å². The maximum atomic E-state index is 11.1. The van der Waals surface area contributed by atoms with Crippen molar-refractivity contribution in [3.05, 3.63) is 59.4 Å². The molecule has 20 heavy (non-hydrogen) atoms. The molecule has 0 saturated heterocycles. The zero-order chi connectivity index (χ0) is 14.5. The van der Waals surface area contributed by atoms with E-state index in [2.05, 4.69) is 35.2 Å². The Morgan fingerprint density at radius 3 is 2.80 bits per heavy atom. The Balaban J connectivity index is 2.24. The van der Waals surface area contributed by atoms with Crippen molar-refractivity contribution in [1.29, 1.82) is 0 Å². The molecule has 1 aliphatic carbocycles. The van der Waals surface area contributed by atoms with Crippen LogP contribution in [0.25, 0.3) is 0 Å². The Hall–Kier alpha value is -1.66. The molecule has 0 bridgehead atoms. The SMILES string of the molecule is CC(C)C1=CC=C(Oc2ccc(P)cc2C=O)C=CC1. The lowest BCUT2D eigenvalue weighted by atomic mass is 10.0. The third-order valence-corrected chi connectivity index (χ3v) is 3.59. The minimum Gasteiger partial charge on any atom is -0.457 e. The van der Waals surface area contributed by atoms with Gasteiger partial charge in [0.1, 0.15) is 11.5 Å². The summed E-state index contributed by atoms with van der Waals surface area (Å²) in [5.74, 6) is 1.86. The number of carbonyl (C=O) groups excluding carboxylic acids is 1. The molecule has 0 heterocycles. The highest BCUT2D eigenvalue weighted by Crippen LogP contribution is 2.23. The summed E-state index contributed by atoms with van der Waals surface area (Å²) in [6.07, 6.45) is 9.86. The number of benzene rings is 1. The summed E-state index contributed by atoms with van der Waals surface area (Å²) in [6, 6.07) is 5.52. The molecule has 0 saturated carbocycles. The monoisotopic (exact) mass is 286 g/mol. The van der Waals surface area contributed by atoms with Crippen LogP contribution in [0.4, 0.5) is 0 Å². The first-order valence-corrected chi connectivity index (χ1v) is 7.27. The van der Waals surface area contributed by atoms with Crippen LogP contribution in [0.1, 0.15) is 30.6 Å². The Bertz CT molecular complexity index is 595. The predicted molar refractivity (Wildman–Crippen MR) is 86.6 cm³/mol. The van der Waals surface area contributed by atoms with Crippen molar-refractivity contribution < 1.29 is 9.53 Å². The van der Waals surface area contributed by atoms with Crippen LogP contribution in [0.2, 0.25) is 0 Å². The number of hydrogen-bond acceptors (Lipinski definition) is 2. The van der Waals surface area contributed by atoms with Gasteiger partial charge in [-0.2, -0.15) is 0 Å². The molecule has 3 heteroatoms. The lowest BCUT2D eigenvalue weighted by Crippen LogP contribution is -1.99. The lowest BCUT2D eigenvalue weighted by Gasteiger charge is -2.08. The first kappa shape index (κ1) is 14.7. The van der Waals surface area contributed by atoms with Gasteiger partial charge in [0.2, 0.25) is 0 Å². The number of ether oxygens (including phenoxy) is 1. The van der Waals surface area contributed by atoms with E-state index in [1.807, 2.05) is 24.3 Å². The molecule has 104 valence electrons. The van der Waals surface area contributed by atoms with E-state index in [0.29, 0.717) is 17.2 Å². The van der Waals surface area contributed by atoms with Crippen molar-refractivity contribution in [2.24, 2.45) is 5.92 Å². The summed E-state index contributed by atoms with van der Waals surface area (Å²) in [5.41, 5.74) is 1.93. The minimum atomic E-state index is 0.525. The largest absolute Gasteiger partial charge is 0.457 e. The van der Waals surface area contributed by atoms with Crippen LogP contribution in [0.3, 0.4) is 0 Å². The Morgan fingerprint density at radius 2 is 2.10 bits per heavy atom. The van der Waals surface area contributed by atoms with Crippen molar-refractivity contribution in [1.82, 2.24) is 0 Å².